The van der Waals surface area contributed by atoms with E-state index in [1.807, 2.05) is 0 Å². The van der Waals surface area contributed by atoms with Gasteiger partial charge in [0.25, 0.3) is 11.8 Å². The second-order valence-electron chi connectivity index (χ2n) is 6.37. The summed E-state index contributed by atoms with van der Waals surface area (Å²) in [7, 11) is -2.15. The van der Waals surface area contributed by atoms with Crippen molar-refractivity contribution >= 4 is 103 Å². The summed E-state index contributed by atoms with van der Waals surface area (Å²) in [5, 5.41) is 21.1. The second kappa shape index (κ2) is 12.4. The molecular weight excluding hydrogens is 561 g/mol. The first kappa shape index (κ1) is 29.4. The Bertz CT molecular complexity index is 1240. The molecule has 1 saturated heterocycles. The molecule has 1 aliphatic heterocycles. The number of nitrogens with zero attached hydrogens (tertiary/aromatic N) is 7. The molecule has 16 nitrogen and oxygen atoms in total. The van der Waals surface area contributed by atoms with Gasteiger partial charge in [-0.2, -0.15) is 8.42 Å². The molecule has 0 bridgehead atoms. The van der Waals surface area contributed by atoms with E-state index in [1.165, 1.54) is 17.2 Å². The molecule has 0 aliphatic carbocycles. The Labute approximate surface area is 233 Å². The zero-order valence-electron chi connectivity index (χ0n) is 17.3. The van der Waals surface area contributed by atoms with E-state index in [1.54, 1.807) is 7.05 Å². The van der Waals surface area contributed by atoms with E-state index in [0.29, 0.717) is 5.16 Å². The van der Waals surface area contributed by atoms with Crippen molar-refractivity contribution in [3.05, 3.63) is 11.1 Å². The minimum atomic E-state index is -4.88. The van der Waals surface area contributed by atoms with Crippen molar-refractivity contribution in [2.75, 3.05) is 24.1 Å². The molecule has 3 N–H and O–H groups in total. The Morgan fingerprint density at radius 3 is 2.71 bits per heavy atom. The quantitative estimate of drug-likeness (QED) is 0.0524. The van der Waals surface area contributed by atoms with Gasteiger partial charge >= 0.3 is 39.9 Å². The third kappa shape index (κ3) is 6.88. The molecule has 0 saturated carbocycles. The zero-order chi connectivity index (χ0) is 25.0. The van der Waals surface area contributed by atoms with Crippen molar-refractivity contribution in [3.63, 3.8) is 0 Å². The van der Waals surface area contributed by atoms with Gasteiger partial charge in [0.05, 0.1) is 6.04 Å². The third-order valence-electron chi connectivity index (χ3n) is 4.18. The Hall–Kier alpha value is -1.87. The van der Waals surface area contributed by atoms with Crippen LogP contribution in [-0.4, -0.2) is 126 Å². The molecule has 3 heterocycles. The second-order valence-corrected chi connectivity index (χ2v) is 9.77. The standard InChI is InChI=1S/C14H16ClN9O7S3.Na.H/c1-23-14(19-21-22-23)33-5-7-10(12(27)24(7)34(28,29)30)18-11(26)9(20-31-2)6-4-32-13(16-6)17-8(25)3-15;;/h4,7,10H,3,5H2,1-2H3,(H,18,26)(H,16,17,25)(H,28,29,30);;/b20-9-;;. The van der Waals surface area contributed by atoms with Crippen molar-refractivity contribution in [1.29, 1.82) is 0 Å². The van der Waals surface area contributed by atoms with E-state index in [0.717, 1.165) is 23.1 Å². The van der Waals surface area contributed by atoms with Gasteiger partial charge in [-0.1, -0.05) is 16.9 Å². The molecule has 0 aromatic carbocycles. The molecule has 35 heavy (non-hydrogen) atoms. The average molecular weight is 578 g/mol. The molecule has 3 rings (SSSR count). The summed E-state index contributed by atoms with van der Waals surface area (Å²) in [5.41, 5.74) is -0.323. The van der Waals surface area contributed by atoms with Gasteiger partial charge in [-0.15, -0.1) is 28.0 Å². The molecule has 0 radical (unpaired) electrons. The van der Waals surface area contributed by atoms with Crippen molar-refractivity contribution in [1.82, 2.24) is 34.8 Å². The van der Waals surface area contributed by atoms with Crippen LogP contribution in [0.3, 0.4) is 0 Å². The van der Waals surface area contributed by atoms with E-state index in [9.17, 15) is 27.4 Å². The average Bonchev–Trinajstić information content (AvgIpc) is 3.40. The maximum atomic E-state index is 12.9. The number of oxime groups is 1. The van der Waals surface area contributed by atoms with Crippen LogP contribution in [0.5, 0.6) is 0 Å². The number of β-lactam (4-membered cyclic amide) rings is 1. The maximum absolute atomic E-state index is 12.9. The molecule has 2 aromatic heterocycles. The number of hydrogen-bond donors (Lipinski definition) is 3. The van der Waals surface area contributed by atoms with Gasteiger partial charge in [0, 0.05) is 18.2 Å². The summed E-state index contributed by atoms with van der Waals surface area (Å²) >= 11 is 7.43. The van der Waals surface area contributed by atoms with Crippen molar-refractivity contribution in [2.45, 2.75) is 17.2 Å². The van der Waals surface area contributed by atoms with E-state index < -0.39 is 40.1 Å². The van der Waals surface area contributed by atoms with Crippen LogP contribution in [-0.2, 0) is 36.6 Å². The number of anilines is 1. The number of alkyl halides is 1. The summed E-state index contributed by atoms with van der Waals surface area (Å²) in [6, 6.07) is -2.47. The molecule has 186 valence electrons. The molecule has 3 amide bonds. The monoisotopic (exact) mass is 577 g/mol. The predicted octanol–water partition coefficient (Wildman–Crippen LogP) is -2.16. The summed E-state index contributed by atoms with van der Waals surface area (Å²) in [6.45, 7) is 0. The van der Waals surface area contributed by atoms with Crippen LogP contribution in [0.15, 0.2) is 15.7 Å². The molecule has 1 aliphatic rings. The van der Waals surface area contributed by atoms with Crippen LogP contribution in [0.1, 0.15) is 5.69 Å². The molecule has 1 fully saturated rings. The van der Waals surface area contributed by atoms with E-state index in [2.05, 4.69) is 41.1 Å². The molecular formula is C14H17ClN9NaO7S3. The van der Waals surface area contributed by atoms with E-state index in [-0.39, 0.29) is 62.0 Å². The number of hydrogen-bond acceptors (Lipinski definition) is 13. The fourth-order valence-electron chi connectivity index (χ4n) is 2.73. The van der Waals surface area contributed by atoms with Gasteiger partial charge in [-0.3, -0.25) is 18.9 Å². The van der Waals surface area contributed by atoms with Gasteiger partial charge in [-0.25, -0.2) is 14.0 Å². The number of halogens is 1. The molecule has 2 unspecified atom stereocenters. The van der Waals surface area contributed by atoms with Crippen LogP contribution in [0.4, 0.5) is 5.13 Å². The summed E-state index contributed by atoms with van der Waals surface area (Å²) < 4.78 is 34.3. The molecule has 0 spiro atoms. The van der Waals surface area contributed by atoms with Gasteiger partial charge < -0.3 is 15.5 Å². The number of thiazole rings is 1. The molecule has 2 atom stereocenters. The number of nitrogens with one attached hydrogen (secondary N) is 2. The number of carbonyl (C=O) groups excluding carboxylic acids is 3. The number of aromatic nitrogens is 5. The summed E-state index contributed by atoms with van der Waals surface area (Å²) in [5.74, 6) is -2.85. The van der Waals surface area contributed by atoms with Crippen LogP contribution < -0.4 is 10.6 Å². The van der Waals surface area contributed by atoms with Gasteiger partial charge in [-0.05, 0) is 10.4 Å². The van der Waals surface area contributed by atoms with Gasteiger partial charge in [0.2, 0.25) is 11.1 Å². The first-order valence-electron chi connectivity index (χ1n) is 8.96. The fraction of sp³-hybridized carbons (Fsp3) is 0.429. The SMILES string of the molecule is CO/N=C(\C(=O)NC1C(=O)N(S(=O)(=O)O)C1CSc1nnnn1C)c1csc(NC(=O)CCl)n1.[NaH]. The number of thioether (sulfide) groups is 1. The number of carbonyl (C=O) groups is 3. The third-order valence-corrected chi connectivity index (χ3v) is 7.24. The fourth-order valence-corrected chi connectivity index (χ4v) is 5.46. The summed E-state index contributed by atoms with van der Waals surface area (Å²) in [6.07, 6.45) is 0. The summed E-state index contributed by atoms with van der Waals surface area (Å²) in [4.78, 5) is 45.5. The van der Waals surface area contributed by atoms with Gasteiger partial charge in [0.15, 0.2) is 10.8 Å². The number of amides is 3. The van der Waals surface area contributed by atoms with Crippen molar-refractivity contribution < 1.29 is 32.2 Å². The number of tetrazole rings is 1. The number of aryl methyl sites for hydroxylation is 1. The first-order chi connectivity index (χ1) is 16.1. The topological polar surface area (TPSA) is 211 Å². The predicted molar refractivity (Wildman–Crippen MR) is 126 cm³/mol. The Morgan fingerprint density at radius 1 is 1.43 bits per heavy atom. The minimum absolute atomic E-state index is 0. The van der Waals surface area contributed by atoms with Crippen LogP contribution in [0.25, 0.3) is 0 Å². The first-order valence-corrected chi connectivity index (χ1v) is 12.8. The molecule has 2 aromatic rings. The molecule has 21 heteroatoms. The Balaban J connectivity index is 0.00000432. The van der Waals surface area contributed by atoms with E-state index in [4.69, 9.17) is 11.6 Å². The Morgan fingerprint density at radius 2 is 2.14 bits per heavy atom. The normalized spacial score (nSPS) is 17.9. The van der Waals surface area contributed by atoms with Crippen molar-refractivity contribution in [3.8, 4) is 0 Å². The van der Waals surface area contributed by atoms with Gasteiger partial charge in [0.1, 0.15) is 24.7 Å². The zero-order valence-corrected chi connectivity index (χ0v) is 20.5. The van der Waals surface area contributed by atoms with E-state index >= 15 is 0 Å². The van der Waals surface area contributed by atoms with Crippen LogP contribution in [0.2, 0.25) is 0 Å². The number of rotatable bonds is 10. The Kier molecular flexibility index (Phi) is 10.4. The van der Waals surface area contributed by atoms with Crippen LogP contribution in [0, 0.1) is 0 Å². The van der Waals surface area contributed by atoms with Crippen molar-refractivity contribution in [2.24, 2.45) is 12.2 Å². The van der Waals surface area contributed by atoms with Crippen LogP contribution >= 0.6 is 34.7 Å².